The van der Waals surface area contributed by atoms with Crippen molar-refractivity contribution in [2.75, 3.05) is 7.11 Å². The van der Waals surface area contributed by atoms with Crippen LogP contribution in [0.15, 0.2) is 18.2 Å². The quantitative estimate of drug-likeness (QED) is 0.696. The fourth-order valence-electron chi connectivity index (χ4n) is 0.719. The third kappa shape index (κ3) is 2.38. The van der Waals surface area contributed by atoms with Crippen LogP contribution < -0.4 is 9.47 Å². The molecule has 12 heavy (non-hydrogen) atoms. The van der Waals surface area contributed by atoms with Gasteiger partial charge in [-0.15, -0.1) is 0 Å². The molecule has 1 radical (unpaired) electrons. The zero-order valence-corrected chi connectivity index (χ0v) is 6.38. The summed E-state index contributed by atoms with van der Waals surface area (Å²) in [5, 5.41) is 0. The van der Waals surface area contributed by atoms with E-state index in [0.717, 1.165) is 0 Å². The van der Waals surface area contributed by atoms with Crippen molar-refractivity contribution in [2.45, 2.75) is 6.61 Å². The summed E-state index contributed by atoms with van der Waals surface area (Å²) < 4.78 is 32.2. The van der Waals surface area contributed by atoms with Gasteiger partial charge in [0.1, 0.15) is 11.5 Å². The Morgan fingerprint density at radius 3 is 2.83 bits per heavy atom. The lowest BCUT2D eigenvalue weighted by Gasteiger charge is -2.04. The minimum Gasteiger partial charge on any atom is -0.496 e. The average Bonchev–Trinajstić information content (AvgIpc) is 2.03. The molecule has 1 rings (SSSR count). The standard InChI is InChI=1S/C8H7F2O2/c1-11-6-3-2-4-7(5-6)12-8(9)10/h2,4-5,8H,1H3. The molecule has 0 amide bonds. The van der Waals surface area contributed by atoms with Gasteiger partial charge in [-0.2, -0.15) is 8.78 Å². The van der Waals surface area contributed by atoms with Crippen LogP contribution in [0.2, 0.25) is 0 Å². The average molecular weight is 173 g/mol. The normalized spacial score (nSPS) is 10.0. The Morgan fingerprint density at radius 1 is 1.50 bits per heavy atom. The van der Waals surface area contributed by atoms with Crippen molar-refractivity contribution < 1.29 is 18.3 Å². The Hall–Kier alpha value is -1.32. The number of hydrogen-bond acceptors (Lipinski definition) is 2. The van der Waals surface area contributed by atoms with E-state index in [4.69, 9.17) is 4.74 Å². The molecule has 0 aliphatic carbocycles. The maximum atomic E-state index is 11.7. The van der Waals surface area contributed by atoms with Crippen LogP contribution in [0.1, 0.15) is 0 Å². The molecule has 1 aromatic rings. The highest BCUT2D eigenvalue weighted by Gasteiger charge is 2.04. The van der Waals surface area contributed by atoms with Crippen molar-refractivity contribution in [1.29, 1.82) is 0 Å². The summed E-state index contributed by atoms with van der Waals surface area (Å²) in [4.78, 5) is 0. The van der Waals surface area contributed by atoms with E-state index in [1.54, 1.807) is 0 Å². The van der Waals surface area contributed by atoms with Gasteiger partial charge in [-0.25, -0.2) is 0 Å². The molecule has 0 aromatic heterocycles. The number of benzene rings is 1. The molecule has 1 aromatic carbocycles. The topological polar surface area (TPSA) is 18.5 Å². The maximum absolute atomic E-state index is 11.7. The SMILES string of the molecule is COc1[c]ccc(OC(F)F)c1. The van der Waals surface area contributed by atoms with E-state index in [1.807, 2.05) is 0 Å². The lowest BCUT2D eigenvalue weighted by molar-refractivity contribution is -0.0499. The summed E-state index contributed by atoms with van der Waals surface area (Å²) in [6, 6.07) is 6.86. The number of ether oxygens (including phenoxy) is 2. The number of alkyl halides is 2. The molecule has 0 aliphatic heterocycles. The molecule has 0 saturated carbocycles. The number of halogens is 2. The minimum atomic E-state index is -2.81. The second-order valence-electron chi connectivity index (χ2n) is 1.97. The molecule has 0 saturated heterocycles. The van der Waals surface area contributed by atoms with Crippen molar-refractivity contribution >= 4 is 0 Å². The van der Waals surface area contributed by atoms with E-state index in [1.165, 1.54) is 25.3 Å². The number of hydrogen-bond donors (Lipinski definition) is 0. The van der Waals surface area contributed by atoms with Crippen molar-refractivity contribution in [3.05, 3.63) is 24.3 Å². The highest BCUT2D eigenvalue weighted by molar-refractivity contribution is 5.31. The van der Waals surface area contributed by atoms with Gasteiger partial charge in [0, 0.05) is 12.1 Å². The van der Waals surface area contributed by atoms with Gasteiger partial charge in [-0.05, 0) is 12.1 Å². The van der Waals surface area contributed by atoms with Crippen LogP contribution in [-0.4, -0.2) is 13.7 Å². The van der Waals surface area contributed by atoms with Gasteiger partial charge in [0.25, 0.3) is 0 Å². The zero-order valence-electron chi connectivity index (χ0n) is 6.38. The Morgan fingerprint density at radius 2 is 2.25 bits per heavy atom. The fraction of sp³-hybridized carbons (Fsp3) is 0.250. The van der Waals surface area contributed by atoms with Gasteiger partial charge in [0.15, 0.2) is 0 Å². The molecule has 0 aliphatic rings. The molecule has 0 fully saturated rings. The van der Waals surface area contributed by atoms with E-state index in [2.05, 4.69) is 10.8 Å². The highest BCUT2D eigenvalue weighted by Crippen LogP contribution is 2.19. The van der Waals surface area contributed by atoms with Crippen LogP contribution in [0.3, 0.4) is 0 Å². The molecular formula is C8H7F2O2. The monoisotopic (exact) mass is 173 g/mol. The number of methoxy groups -OCH3 is 1. The summed E-state index contributed by atoms with van der Waals surface area (Å²) in [6.45, 7) is -2.81. The Labute approximate surface area is 68.7 Å². The van der Waals surface area contributed by atoms with Crippen molar-refractivity contribution in [3.63, 3.8) is 0 Å². The van der Waals surface area contributed by atoms with Gasteiger partial charge < -0.3 is 9.47 Å². The third-order valence-electron chi connectivity index (χ3n) is 1.19. The van der Waals surface area contributed by atoms with E-state index in [-0.39, 0.29) is 5.75 Å². The number of rotatable bonds is 3. The van der Waals surface area contributed by atoms with E-state index in [0.29, 0.717) is 5.75 Å². The van der Waals surface area contributed by atoms with E-state index in [9.17, 15) is 8.78 Å². The summed E-state index contributed by atoms with van der Waals surface area (Å²) in [6.07, 6.45) is 0. The molecular weight excluding hydrogens is 166 g/mol. The largest absolute Gasteiger partial charge is 0.496 e. The van der Waals surface area contributed by atoms with Crippen LogP contribution in [-0.2, 0) is 0 Å². The molecule has 4 heteroatoms. The first-order chi connectivity index (χ1) is 5.72. The summed E-state index contributed by atoms with van der Waals surface area (Å²) in [5.41, 5.74) is 0. The zero-order chi connectivity index (χ0) is 8.97. The molecule has 2 nitrogen and oxygen atoms in total. The van der Waals surface area contributed by atoms with Crippen LogP contribution in [0.5, 0.6) is 11.5 Å². The molecule has 0 atom stereocenters. The van der Waals surface area contributed by atoms with Crippen LogP contribution in [0, 0.1) is 6.07 Å². The first-order valence-electron chi connectivity index (χ1n) is 3.23. The fourth-order valence-corrected chi connectivity index (χ4v) is 0.719. The highest BCUT2D eigenvalue weighted by atomic mass is 19.3. The Balaban J connectivity index is 2.72. The van der Waals surface area contributed by atoms with Gasteiger partial charge in [-0.1, -0.05) is 0 Å². The van der Waals surface area contributed by atoms with Crippen molar-refractivity contribution in [2.24, 2.45) is 0 Å². The second-order valence-corrected chi connectivity index (χ2v) is 1.97. The van der Waals surface area contributed by atoms with Crippen LogP contribution in [0.4, 0.5) is 8.78 Å². The van der Waals surface area contributed by atoms with E-state index < -0.39 is 6.61 Å². The molecule has 0 N–H and O–H groups in total. The lowest BCUT2D eigenvalue weighted by atomic mass is 10.3. The molecule has 0 spiro atoms. The van der Waals surface area contributed by atoms with Crippen molar-refractivity contribution in [3.8, 4) is 11.5 Å². The third-order valence-corrected chi connectivity index (χ3v) is 1.19. The van der Waals surface area contributed by atoms with Gasteiger partial charge >= 0.3 is 6.61 Å². The Bertz CT molecular complexity index is 251. The second kappa shape index (κ2) is 3.90. The summed E-state index contributed by atoms with van der Waals surface area (Å²) in [5.74, 6) is 0.439. The van der Waals surface area contributed by atoms with E-state index >= 15 is 0 Å². The minimum absolute atomic E-state index is 0.0700. The Kier molecular flexibility index (Phi) is 2.85. The van der Waals surface area contributed by atoms with Crippen LogP contribution >= 0.6 is 0 Å². The lowest BCUT2D eigenvalue weighted by Crippen LogP contribution is -2.01. The smallest absolute Gasteiger partial charge is 0.387 e. The predicted molar refractivity (Wildman–Crippen MR) is 38.5 cm³/mol. The first kappa shape index (κ1) is 8.77. The molecule has 0 heterocycles. The van der Waals surface area contributed by atoms with Gasteiger partial charge in [0.2, 0.25) is 0 Å². The predicted octanol–water partition coefficient (Wildman–Crippen LogP) is 2.10. The maximum Gasteiger partial charge on any atom is 0.387 e. The molecule has 0 bridgehead atoms. The van der Waals surface area contributed by atoms with Crippen LogP contribution in [0.25, 0.3) is 0 Å². The van der Waals surface area contributed by atoms with Gasteiger partial charge in [0.05, 0.1) is 7.11 Å². The summed E-state index contributed by atoms with van der Waals surface area (Å²) in [7, 11) is 1.43. The summed E-state index contributed by atoms with van der Waals surface area (Å²) >= 11 is 0. The first-order valence-corrected chi connectivity index (χ1v) is 3.23. The van der Waals surface area contributed by atoms with Crippen molar-refractivity contribution in [1.82, 2.24) is 0 Å². The molecule has 65 valence electrons. The van der Waals surface area contributed by atoms with Gasteiger partial charge in [-0.3, -0.25) is 0 Å². The molecule has 0 unspecified atom stereocenters.